The number of nitrogens with one attached hydrogen (secondary N) is 2. The highest BCUT2D eigenvalue weighted by atomic mass is 16.2. The molecule has 1 saturated heterocycles. The minimum absolute atomic E-state index is 0.127. The predicted molar refractivity (Wildman–Crippen MR) is 130 cm³/mol. The smallest absolute Gasteiger partial charge is 0.328 e. The summed E-state index contributed by atoms with van der Waals surface area (Å²) in [5.74, 6) is -0.521. The molecule has 3 aromatic rings. The van der Waals surface area contributed by atoms with Crippen LogP contribution in [-0.4, -0.2) is 45.2 Å². The Bertz CT molecular complexity index is 1270. The van der Waals surface area contributed by atoms with Crippen LogP contribution in [0.5, 0.6) is 0 Å². The summed E-state index contributed by atoms with van der Waals surface area (Å²) in [6.07, 6.45) is 1.07. The van der Waals surface area contributed by atoms with Crippen molar-refractivity contribution in [2.24, 2.45) is 5.92 Å². The van der Waals surface area contributed by atoms with Crippen molar-refractivity contribution in [3.05, 3.63) is 71.4 Å². The first kappa shape index (κ1) is 22.2. The fourth-order valence-corrected chi connectivity index (χ4v) is 5.37. The lowest BCUT2D eigenvalue weighted by molar-refractivity contribution is -0.140. The molecule has 7 heteroatoms. The van der Waals surface area contributed by atoms with Gasteiger partial charge in [0.1, 0.15) is 6.04 Å². The van der Waals surface area contributed by atoms with E-state index in [1.807, 2.05) is 68.4 Å². The topological polar surface area (TPSA) is 85.5 Å². The minimum Gasteiger partial charge on any atom is -0.356 e. The lowest BCUT2D eigenvalue weighted by Crippen LogP contribution is -2.51. The number of nitrogens with zero attached hydrogens (tertiary/aromatic N) is 2. The molecule has 0 saturated carbocycles. The van der Waals surface area contributed by atoms with Gasteiger partial charge < -0.3 is 15.2 Å². The molecule has 7 nitrogen and oxygen atoms in total. The number of hydrogen-bond acceptors (Lipinski definition) is 3. The van der Waals surface area contributed by atoms with E-state index in [4.69, 9.17) is 0 Å². The SMILES string of the molecule is CC(C)C[C@@H](C(=O)NCc1ccccc1)N1C(=O)N2CCc3c([nH]c4ccccc34)[C@@]2(C)C1=O. The summed E-state index contributed by atoms with van der Waals surface area (Å²) in [7, 11) is 0. The minimum atomic E-state index is -1.15. The number of aromatic nitrogens is 1. The number of para-hydroxylation sites is 1. The molecule has 3 heterocycles. The summed E-state index contributed by atoms with van der Waals surface area (Å²) in [5.41, 5.74) is 2.59. The van der Waals surface area contributed by atoms with Gasteiger partial charge in [0.2, 0.25) is 5.91 Å². The highest BCUT2D eigenvalue weighted by molar-refractivity contribution is 6.11. The molecule has 5 rings (SSSR count). The van der Waals surface area contributed by atoms with Gasteiger partial charge in [-0.05, 0) is 42.9 Å². The second-order valence-corrected chi connectivity index (χ2v) is 9.80. The molecule has 2 aliphatic rings. The summed E-state index contributed by atoms with van der Waals surface area (Å²) in [5, 5.41) is 4.03. The average Bonchev–Trinajstić information content (AvgIpc) is 3.30. The number of imide groups is 1. The molecule has 0 unspecified atom stereocenters. The Hall–Kier alpha value is -3.61. The first-order valence-electron chi connectivity index (χ1n) is 11.9. The van der Waals surface area contributed by atoms with Crippen LogP contribution in [0.4, 0.5) is 4.79 Å². The standard InChI is InChI=1S/C27H30N4O3/c1-17(2)15-22(24(32)28-16-18-9-5-4-6-10-18)31-25(33)27(3)23-20(13-14-30(27)26(31)34)19-11-7-8-12-21(19)29-23/h4-12,17,22,29H,13-16H2,1-3H3,(H,28,32)/t22-,27-/m0/s1. The van der Waals surface area contributed by atoms with E-state index in [9.17, 15) is 14.4 Å². The molecule has 2 N–H and O–H groups in total. The molecule has 2 aliphatic heterocycles. The first-order chi connectivity index (χ1) is 16.3. The molecule has 176 valence electrons. The normalized spacial score (nSPS) is 20.6. The van der Waals surface area contributed by atoms with E-state index in [1.165, 1.54) is 4.90 Å². The Labute approximate surface area is 199 Å². The first-order valence-corrected chi connectivity index (χ1v) is 11.9. The van der Waals surface area contributed by atoms with Gasteiger partial charge in [-0.3, -0.25) is 9.59 Å². The number of H-pyrrole nitrogens is 1. The van der Waals surface area contributed by atoms with E-state index in [-0.39, 0.29) is 17.7 Å². The largest absolute Gasteiger partial charge is 0.356 e. The number of carbonyl (C=O) groups is 3. The van der Waals surface area contributed by atoms with Gasteiger partial charge in [-0.15, -0.1) is 0 Å². The van der Waals surface area contributed by atoms with Gasteiger partial charge in [-0.1, -0.05) is 62.4 Å². The van der Waals surface area contributed by atoms with Crippen LogP contribution in [-0.2, 0) is 28.1 Å². The second-order valence-electron chi connectivity index (χ2n) is 9.80. The molecule has 2 aromatic carbocycles. The number of aromatic amines is 1. The van der Waals surface area contributed by atoms with Gasteiger partial charge in [0.15, 0.2) is 5.54 Å². The van der Waals surface area contributed by atoms with Crippen LogP contribution in [0.25, 0.3) is 10.9 Å². The number of amides is 4. The van der Waals surface area contributed by atoms with Gasteiger partial charge in [0, 0.05) is 24.0 Å². The maximum atomic E-state index is 14.0. The van der Waals surface area contributed by atoms with Crippen molar-refractivity contribution in [2.45, 2.75) is 51.7 Å². The fourth-order valence-electron chi connectivity index (χ4n) is 5.37. The van der Waals surface area contributed by atoms with E-state index in [0.29, 0.717) is 25.9 Å². The summed E-state index contributed by atoms with van der Waals surface area (Å²) < 4.78 is 0. The fraction of sp³-hybridized carbons (Fsp3) is 0.370. The lowest BCUT2D eigenvalue weighted by atomic mass is 9.87. The van der Waals surface area contributed by atoms with Crippen molar-refractivity contribution in [1.82, 2.24) is 20.1 Å². The highest BCUT2D eigenvalue weighted by Gasteiger charge is 2.60. The van der Waals surface area contributed by atoms with Crippen molar-refractivity contribution < 1.29 is 14.4 Å². The zero-order valence-corrected chi connectivity index (χ0v) is 19.8. The third kappa shape index (κ3) is 3.38. The molecular weight excluding hydrogens is 428 g/mol. The number of urea groups is 1. The van der Waals surface area contributed by atoms with Crippen LogP contribution in [0.3, 0.4) is 0 Å². The summed E-state index contributed by atoms with van der Waals surface area (Å²) >= 11 is 0. The average molecular weight is 459 g/mol. The molecule has 1 aromatic heterocycles. The Morgan fingerprint density at radius 1 is 1.09 bits per heavy atom. The maximum absolute atomic E-state index is 14.0. The van der Waals surface area contributed by atoms with Crippen LogP contribution >= 0.6 is 0 Å². The molecule has 4 amide bonds. The molecule has 1 fully saturated rings. The summed E-state index contributed by atoms with van der Waals surface area (Å²) in [6, 6.07) is 16.3. The Morgan fingerprint density at radius 3 is 2.53 bits per heavy atom. The quantitative estimate of drug-likeness (QED) is 0.549. The highest BCUT2D eigenvalue weighted by Crippen LogP contribution is 2.44. The van der Waals surface area contributed by atoms with Crippen molar-refractivity contribution in [1.29, 1.82) is 0 Å². The van der Waals surface area contributed by atoms with Crippen LogP contribution in [0, 0.1) is 5.92 Å². The molecule has 34 heavy (non-hydrogen) atoms. The Morgan fingerprint density at radius 2 is 1.79 bits per heavy atom. The van der Waals surface area contributed by atoms with Crippen LogP contribution < -0.4 is 5.32 Å². The maximum Gasteiger partial charge on any atom is 0.328 e. The summed E-state index contributed by atoms with van der Waals surface area (Å²) in [6.45, 7) is 6.57. The third-order valence-corrected chi connectivity index (χ3v) is 7.12. The lowest BCUT2D eigenvalue weighted by Gasteiger charge is -2.36. The number of carbonyl (C=O) groups excluding carboxylic acids is 3. The Balaban J connectivity index is 1.49. The van der Waals surface area contributed by atoms with Crippen LogP contribution in [0.2, 0.25) is 0 Å². The molecule has 0 spiro atoms. The van der Waals surface area contributed by atoms with Crippen molar-refractivity contribution in [3.8, 4) is 0 Å². The van der Waals surface area contributed by atoms with Crippen molar-refractivity contribution >= 4 is 28.7 Å². The van der Waals surface area contributed by atoms with E-state index in [1.54, 1.807) is 11.8 Å². The Kier molecular flexibility index (Phi) is 5.42. The van der Waals surface area contributed by atoms with Gasteiger partial charge in [0.25, 0.3) is 5.91 Å². The molecular formula is C27H30N4O3. The van der Waals surface area contributed by atoms with E-state index < -0.39 is 17.6 Å². The monoisotopic (exact) mass is 458 g/mol. The van der Waals surface area contributed by atoms with Gasteiger partial charge >= 0.3 is 6.03 Å². The van der Waals surface area contributed by atoms with Crippen LogP contribution in [0.15, 0.2) is 54.6 Å². The second kappa shape index (κ2) is 8.31. The van der Waals surface area contributed by atoms with E-state index in [2.05, 4.69) is 10.3 Å². The number of benzene rings is 2. The number of hydrogen-bond donors (Lipinski definition) is 2. The van der Waals surface area contributed by atoms with Crippen molar-refractivity contribution in [3.63, 3.8) is 0 Å². The zero-order chi connectivity index (χ0) is 24.0. The summed E-state index contributed by atoms with van der Waals surface area (Å²) in [4.78, 5) is 47.2. The molecule has 0 bridgehead atoms. The van der Waals surface area contributed by atoms with E-state index in [0.717, 1.165) is 27.7 Å². The van der Waals surface area contributed by atoms with Crippen molar-refractivity contribution in [2.75, 3.05) is 6.54 Å². The van der Waals surface area contributed by atoms with Crippen LogP contribution in [0.1, 0.15) is 44.0 Å². The third-order valence-electron chi connectivity index (χ3n) is 7.12. The van der Waals surface area contributed by atoms with E-state index >= 15 is 0 Å². The number of fused-ring (bicyclic) bond motifs is 5. The predicted octanol–water partition coefficient (Wildman–Crippen LogP) is 3.93. The number of rotatable bonds is 6. The zero-order valence-electron chi connectivity index (χ0n) is 19.8. The van der Waals surface area contributed by atoms with Gasteiger partial charge in [-0.2, -0.15) is 0 Å². The molecule has 0 radical (unpaired) electrons. The molecule has 0 aliphatic carbocycles. The van der Waals surface area contributed by atoms with Gasteiger partial charge in [-0.25, -0.2) is 9.69 Å². The van der Waals surface area contributed by atoms with Gasteiger partial charge in [0.05, 0.1) is 5.69 Å². The molecule has 2 atom stereocenters.